The number of benzene rings is 1. The van der Waals surface area contributed by atoms with Crippen molar-refractivity contribution >= 4 is 44.6 Å². The van der Waals surface area contributed by atoms with Crippen molar-refractivity contribution in [3.63, 3.8) is 0 Å². The molecule has 0 bridgehead atoms. The molecule has 0 spiro atoms. The quantitative estimate of drug-likeness (QED) is 0.379. The van der Waals surface area contributed by atoms with Gasteiger partial charge in [0.25, 0.3) is 5.56 Å². The predicted molar refractivity (Wildman–Crippen MR) is 133 cm³/mol. The van der Waals surface area contributed by atoms with Crippen LogP contribution in [0, 0.1) is 0 Å². The zero-order valence-corrected chi connectivity index (χ0v) is 20.5. The second-order valence-corrected chi connectivity index (χ2v) is 10.7. The molecular formula is C25H20N2O7S2. The number of carbonyl (C=O) groups is 1. The van der Waals surface area contributed by atoms with Crippen molar-refractivity contribution in [1.82, 2.24) is 4.57 Å². The van der Waals surface area contributed by atoms with Gasteiger partial charge in [-0.2, -0.15) is 0 Å². The van der Waals surface area contributed by atoms with Crippen molar-refractivity contribution in [2.24, 2.45) is 5.73 Å². The molecule has 4 aromatic rings. The Morgan fingerprint density at radius 2 is 1.83 bits per heavy atom. The molecule has 1 aliphatic rings. The Hall–Kier alpha value is -4.09. The molecule has 0 amide bonds. The summed E-state index contributed by atoms with van der Waals surface area (Å²) < 4.78 is 45.5. The van der Waals surface area contributed by atoms with Crippen LogP contribution in [-0.2, 0) is 19.4 Å². The number of aromatic nitrogens is 1. The van der Waals surface area contributed by atoms with Gasteiger partial charge in [0.1, 0.15) is 26.9 Å². The Kier molecular flexibility index (Phi) is 6.02. The number of nitrogens with two attached hydrogens (primary N) is 1. The van der Waals surface area contributed by atoms with E-state index in [4.69, 9.17) is 19.3 Å². The van der Waals surface area contributed by atoms with Crippen molar-refractivity contribution in [3.8, 4) is 0 Å². The lowest BCUT2D eigenvalue weighted by Gasteiger charge is -2.26. The number of ether oxygens (including phenoxy) is 1. The summed E-state index contributed by atoms with van der Waals surface area (Å²) in [7, 11) is -4.29. The van der Waals surface area contributed by atoms with Crippen molar-refractivity contribution in [2.45, 2.75) is 17.7 Å². The predicted octanol–water partition coefficient (Wildman–Crippen LogP) is 1.99. The van der Waals surface area contributed by atoms with Crippen LogP contribution in [0.4, 0.5) is 0 Å². The average Bonchev–Trinajstić information content (AvgIpc) is 3.63. The fourth-order valence-electron chi connectivity index (χ4n) is 4.06. The fourth-order valence-corrected chi connectivity index (χ4v) is 6.88. The molecule has 9 nitrogen and oxygen atoms in total. The molecule has 1 aromatic carbocycles. The third-order valence-corrected chi connectivity index (χ3v) is 8.61. The maximum absolute atomic E-state index is 13.9. The number of hydrogen-bond donors (Lipinski definition) is 1. The monoisotopic (exact) mass is 524 g/mol. The second-order valence-electron chi connectivity index (χ2n) is 7.72. The summed E-state index contributed by atoms with van der Waals surface area (Å²) in [4.78, 5) is 26.4. The van der Waals surface area contributed by atoms with Crippen molar-refractivity contribution in [3.05, 3.63) is 103 Å². The van der Waals surface area contributed by atoms with Crippen molar-refractivity contribution in [2.75, 3.05) is 6.61 Å². The molecule has 1 aliphatic heterocycles. The zero-order chi connectivity index (χ0) is 25.4. The second kappa shape index (κ2) is 9.17. The molecule has 0 aliphatic carbocycles. The van der Waals surface area contributed by atoms with E-state index in [0.717, 1.165) is 15.9 Å². The number of esters is 1. The number of fused-ring (bicyclic) bond motifs is 1. The van der Waals surface area contributed by atoms with E-state index < -0.39 is 27.3 Å². The molecule has 184 valence electrons. The topological polar surface area (TPSA) is 135 Å². The number of rotatable bonds is 6. The Bertz CT molecular complexity index is 1740. The van der Waals surface area contributed by atoms with Crippen LogP contribution in [-0.4, -0.2) is 25.6 Å². The fraction of sp³-hybridized carbons (Fsp3) is 0.120. The normalized spacial score (nSPS) is 16.3. The zero-order valence-electron chi connectivity index (χ0n) is 18.9. The van der Waals surface area contributed by atoms with Gasteiger partial charge in [-0.1, -0.05) is 18.2 Å². The van der Waals surface area contributed by atoms with Crippen LogP contribution < -0.4 is 20.5 Å². The highest BCUT2D eigenvalue weighted by Crippen LogP contribution is 2.42. The van der Waals surface area contributed by atoms with Gasteiger partial charge in [-0.05, 0) is 43.3 Å². The third-order valence-electron chi connectivity index (χ3n) is 5.58. The van der Waals surface area contributed by atoms with Gasteiger partial charge in [-0.25, -0.2) is 13.2 Å². The first kappa shape index (κ1) is 23.6. The number of thiazole rings is 1. The summed E-state index contributed by atoms with van der Waals surface area (Å²) in [5, 5.41) is 0. The number of sulfone groups is 1. The van der Waals surface area contributed by atoms with Gasteiger partial charge in [0.2, 0.25) is 9.84 Å². The molecule has 2 N–H and O–H groups in total. The molecule has 1 unspecified atom stereocenters. The van der Waals surface area contributed by atoms with Gasteiger partial charge in [-0.15, -0.1) is 11.3 Å². The number of carbonyl (C=O) groups excluding carboxylic acids is 1. The van der Waals surface area contributed by atoms with E-state index in [2.05, 4.69) is 0 Å². The molecule has 3 aromatic heterocycles. The molecule has 0 fully saturated rings. The molecule has 0 saturated carbocycles. The smallest absolute Gasteiger partial charge is 0.338 e. The molecular weight excluding hydrogens is 504 g/mol. The van der Waals surface area contributed by atoms with Crippen LogP contribution in [0.5, 0.6) is 0 Å². The maximum atomic E-state index is 13.9. The van der Waals surface area contributed by atoms with Gasteiger partial charge < -0.3 is 19.3 Å². The SMILES string of the molecule is CCOC(=O)C1=c2s/c(=C/c3ccco3)c(=O)n2C(N)=C(S(=O)(=O)c2ccccc2)C1c1ccco1. The molecule has 1 atom stereocenters. The van der Waals surface area contributed by atoms with E-state index in [1.165, 1.54) is 30.7 Å². The lowest BCUT2D eigenvalue weighted by molar-refractivity contribution is -0.136. The van der Waals surface area contributed by atoms with Gasteiger partial charge >= 0.3 is 5.97 Å². The summed E-state index contributed by atoms with van der Waals surface area (Å²) in [6.45, 7) is 1.67. The molecule has 5 rings (SSSR count). The maximum Gasteiger partial charge on any atom is 0.338 e. The van der Waals surface area contributed by atoms with Gasteiger partial charge in [0.15, 0.2) is 0 Å². The summed E-state index contributed by atoms with van der Waals surface area (Å²) in [5.74, 6) is -1.76. The Balaban J connectivity index is 1.92. The summed E-state index contributed by atoms with van der Waals surface area (Å²) in [5.41, 5.74) is 5.81. The lowest BCUT2D eigenvalue weighted by atomic mass is 9.94. The Morgan fingerprint density at radius 1 is 1.11 bits per heavy atom. The Labute approximate surface area is 209 Å². The first-order chi connectivity index (χ1) is 17.3. The molecule has 4 heterocycles. The van der Waals surface area contributed by atoms with Crippen molar-refractivity contribution in [1.29, 1.82) is 0 Å². The molecule has 11 heteroatoms. The van der Waals surface area contributed by atoms with Crippen LogP contribution in [0.1, 0.15) is 24.4 Å². The van der Waals surface area contributed by atoms with Gasteiger partial charge in [-0.3, -0.25) is 9.36 Å². The van der Waals surface area contributed by atoms with Crippen LogP contribution in [0.2, 0.25) is 0 Å². The van der Waals surface area contributed by atoms with Crippen molar-refractivity contribution < 1.29 is 26.8 Å². The van der Waals surface area contributed by atoms with Gasteiger partial charge in [0.05, 0.1) is 40.1 Å². The highest BCUT2D eigenvalue weighted by molar-refractivity contribution is 7.95. The first-order valence-corrected chi connectivity index (χ1v) is 13.2. The van der Waals surface area contributed by atoms with E-state index >= 15 is 0 Å². The number of hydrogen-bond acceptors (Lipinski definition) is 9. The highest BCUT2D eigenvalue weighted by atomic mass is 32.2. The minimum absolute atomic E-state index is 0.0359. The van der Waals surface area contributed by atoms with E-state index in [9.17, 15) is 18.0 Å². The largest absolute Gasteiger partial charge is 0.468 e. The number of nitrogens with zero attached hydrogens (tertiary/aromatic N) is 1. The number of furan rings is 2. The molecule has 36 heavy (non-hydrogen) atoms. The van der Waals surface area contributed by atoms with Crippen LogP contribution in [0.25, 0.3) is 17.5 Å². The average molecular weight is 525 g/mol. The first-order valence-electron chi connectivity index (χ1n) is 10.9. The van der Waals surface area contributed by atoms with Crippen LogP contribution in [0.3, 0.4) is 0 Å². The van der Waals surface area contributed by atoms with Crippen LogP contribution in [0.15, 0.2) is 90.6 Å². The van der Waals surface area contributed by atoms with Gasteiger partial charge in [0, 0.05) is 6.08 Å². The lowest BCUT2D eigenvalue weighted by Crippen LogP contribution is -2.41. The third kappa shape index (κ3) is 3.82. The summed E-state index contributed by atoms with van der Waals surface area (Å²) in [6.07, 6.45) is 4.33. The summed E-state index contributed by atoms with van der Waals surface area (Å²) >= 11 is 0.982. The minimum Gasteiger partial charge on any atom is -0.468 e. The molecule has 0 saturated heterocycles. The number of allylic oxidation sites excluding steroid dienone is 1. The standard InChI is InChI=1S/C25H20N2O7S2/c1-2-32-25(29)20-19(17-11-7-13-34-17)21(36(30,31)16-9-4-3-5-10-16)22(26)27-23(28)18(35-24(20)27)14-15-8-6-12-33-15/h3-14,19H,2,26H2,1H3/b18-14+. The summed E-state index contributed by atoms with van der Waals surface area (Å²) in [6, 6.07) is 14.1. The van der Waals surface area contributed by atoms with E-state index in [0.29, 0.717) is 5.76 Å². The van der Waals surface area contributed by atoms with E-state index in [1.807, 2.05) is 0 Å². The van der Waals surface area contributed by atoms with E-state index in [-0.39, 0.29) is 42.8 Å². The van der Waals surface area contributed by atoms with E-state index in [1.54, 1.807) is 49.4 Å². The minimum atomic E-state index is -4.29. The van der Waals surface area contributed by atoms with Crippen LogP contribution >= 0.6 is 11.3 Å². The Morgan fingerprint density at radius 3 is 2.47 bits per heavy atom. The highest BCUT2D eigenvalue weighted by Gasteiger charge is 2.43. The molecule has 0 radical (unpaired) electrons.